The van der Waals surface area contributed by atoms with E-state index in [-0.39, 0.29) is 11.7 Å². The maximum Gasteiger partial charge on any atom is 0.258 e. The molecule has 0 spiro atoms. The van der Waals surface area contributed by atoms with Gasteiger partial charge in [-0.25, -0.2) is 14.4 Å². The van der Waals surface area contributed by atoms with Crippen LogP contribution < -0.4 is 10.6 Å². The highest BCUT2D eigenvalue weighted by molar-refractivity contribution is 6.04. The first kappa shape index (κ1) is 17.5. The summed E-state index contributed by atoms with van der Waals surface area (Å²) in [6.07, 6.45) is 3.74. The highest BCUT2D eigenvalue weighted by Crippen LogP contribution is 2.22. The molecule has 3 aromatic rings. The van der Waals surface area contributed by atoms with Crippen molar-refractivity contribution in [3.05, 3.63) is 77.4 Å². The number of halogens is 1. The molecule has 1 heterocycles. The fraction of sp³-hybridized carbons (Fsp3) is 0.150. The summed E-state index contributed by atoms with van der Waals surface area (Å²) in [5, 5.41) is 5.89. The summed E-state index contributed by atoms with van der Waals surface area (Å²) in [6.45, 7) is 4.00. The third-order valence-electron chi connectivity index (χ3n) is 3.99. The van der Waals surface area contributed by atoms with Crippen LogP contribution in [-0.4, -0.2) is 15.9 Å². The fourth-order valence-corrected chi connectivity index (χ4v) is 2.56. The average molecular weight is 350 g/mol. The van der Waals surface area contributed by atoms with Gasteiger partial charge in [0.1, 0.15) is 5.82 Å². The molecule has 0 fully saturated rings. The van der Waals surface area contributed by atoms with E-state index >= 15 is 0 Å². The first-order valence-electron chi connectivity index (χ1n) is 8.31. The molecule has 26 heavy (non-hydrogen) atoms. The van der Waals surface area contributed by atoms with Gasteiger partial charge in [-0.1, -0.05) is 25.1 Å². The van der Waals surface area contributed by atoms with Crippen LogP contribution in [0.3, 0.4) is 0 Å². The van der Waals surface area contributed by atoms with Crippen molar-refractivity contribution in [1.29, 1.82) is 0 Å². The molecule has 6 heteroatoms. The molecular weight excluding hydrogens is 331 g/mol. The third kappa shape index (κ3) is 4.03. The van der Waals surface area contributed by atoms with Crippen molar-refractivity contribution in [2.75, 3.05) is 10.6 Å². The summed E-state index contributed by atoms with van der Waals surface area (Å²) in [5.41, 5.74) is 3.94. The number of rotatable bonds is 5. The lowest BCUT2D eigenvalue weighted by Crippen LogP contribution is -2.15. The van der Waals surface area contributed by atoms with E-state index < -0.39 is 0 Å². The Bertz CT molecular complexity index is 908. The minimum absolute atomic E-state index is 0.262. The molecule has 5 nitrogen and oxygen atoms in total. The molecule has 2 aromatic carbocycles. The van der Waals surface area contributed by atoms with Crippen molar-refractivity contribution < 1.29 is 9.18 Å². The Hall–Kier alpha value is -3.28. The second-order valence-corrected chi connectivity index (χ2v) is 5.84. The topological polar surface area (TPSA) is 66.9 Å². The molecule has 0 atom stereocenters. The Morgan fingerprint density at radius 2 is 1.77 bits per heavy atom. The lowest BCUT2D eigenvalue weighted by atomic mass is 10.1. The zero-order chi connectivity index (χ0) is 18.5. The monoisotopic (exact) mass is 350 g/mol. The van der Waals surface area contributed by atoms with Gasteiger partial charge in [0.2, 0.25) is 5.95 Å². The Labute approximate surface area is 151 Å². The quantitative estimate of drug-likeness (QED) is 0.712. The number of carbonyl (C=O) groups excluding carboxylic acids is 1. The molecule has 0 saturated heterocycles. The van der Waals surface area contributed by atoms with E-state index in [1.165, 1.54) is 24.5 Å². The summed E-state index contributed by atoms with van der Waals surface area (Å²) in [7, 11) is 0. The number of amides is 1. The second-order valence-electron chi connectivity index (χ2n) is 5.84. The Kier molecular flexibility index (Phi) is 5.22. The summed E-state index contributed by atoms with van der Waals surface area (Å²) in [6, 6.07) is 11.8. The van der Waals surface area contributed by atoms with Gasteiger partial charge < -0.3 is 10.6 Å². The van der Waals surface area contributed by atoms with Crippen LogP contribution in [0.5, 0.6) is 0 Å². The molecule has 3 rings (SSSR count). The minimum atomic E-state index is -0.314. The number of hydrogen-bond donors (Lipinski definition) is 2. The summed E-state index contributed by atoms with van der Waals surface area (Å²) in [5.74, 6) is -0.244. The number of aryl methyl sites for hydroxylation is 2. The maximum atomic E-state index is 12.9. The number of hydrogen-bond acceptors (Lipinski definition) is 4. The number of nitrogens with one attached hydrogen (secondary N) is 2. The van der Waals surface area contributed by atoms with E-state index in [4.69, 9.17) is 0 Å². The van der Waals surface area contributed by atoms with E-state index in [9.17, 15) is 9.18 Å². The van der Waals surface area contributed by atoms with Crippen LogP contribution in [0.25, 0.3) is 0 Å². The van der Waals surface area contributed by atoms with Gasteiger partial charge in [0.15, 0.2) is 0 Å². The highest BCUT2D eigenvalue weighted by atomic mass is 19.1. The van der Waals surface area contributed by atoms with Crippen molar-refractivity contribution in [3.63, 3.8) is 0 Å². The zero-order valence-electron chi connectivity index (χ0n) is 14.6. The maximum absolute atomic E-state index is 12.9. The fourth-order valence-electron chi connectivity index (χ4n) is 2.56. The second kappa shape index (κ2) is 7.74. The third-order valence-corrected chi connectivity index (χ3v) is 3.99. The molecule has 2 N–H and O–H groups in total. The van der Waals surface area contributed by atoms with Gasteiger partial charge in [-0.15, -0.1) is 0 Å². The molecule has 0 saturated carbocycles. The number of nitrogens with zero attached hydrogens (tertiary/aromatic N) is 2. The predicted molar refractivity (Wildman–Crippen MR) is 100 cm³/mol. The molecule has 1 aromatic heterocycles. The number of carbonyl (C=O) groups is 1. The number of anilines is 3. The van der Waals surface area contributed by atoms with Gasteiger partial charge in [-0.2, -0.15) is 0 Å². The molecule has 0 aliphatic rings. The average Bonchev–Trinajstić information content (AvgIpc) is 2.65. The van der Waals surface area contributed by atoms with Crippen LogP contribution in [-0.2, 0) is 6.42 Å². The smallest absolute Gasteiger partial charge is 0.258 e. The highest BCUT2D eigenvalue weighted by Gasteiger charge is 2.11. The van der Waals surface area contributed by atoms with Gasteiger partial charge in [0.25, 0.3) is 5.91 Å². The molecule has 0 unspecified atom stereocenters. The largest absolute Gasteiger partial charge is 0.324 e. The molecule has 1 amide bonds. The van der Waals surface area contributed by atoms with Gasteiger partial charge in [0, 0.05) is 23.8 Å². The zero-order valence-corrected chi connectivity index (χ0v) is 14.6. The van der Waals surface area contributed by atoms with Gasteiger partial charge in [-0.05, 0) is 48.7 Å². The van der Waals surface area contributed by atoms with Gasteiger partial charge in [0.05, 0.1) is 5.56 Å². The van der Waals surface area contributed by atoms with Gasteiger partial charge >= 0.3 is 0 Å². The molecule has 0 bridgehead atoms. The minimum Gasteiger partial charge on any atom is -0.324 e. The van der Waals surface area contributed by atoms with Crippen molar-refractivity contribution >= 4 is 23.2 Å². The number of aromatic nitrogens is 2. The van der Waals surface area contributed by atoms with E-state index in [1.807, 2.05) is 32.0 Å². The summed E-state index contributed by atoms with van der Waals surface area (Å²) in [4.78, 5) is 20.8. The molecule has 0 aliphatic heterocycles. The summed E-state index contributed by atoms with van der Waals surface area (Å²) >= 11 is 0. The Morgan fingerprint density at radius 3 is 2.42 bits per heavy atom. The van der Waals surface area contributed by atoms with Crippen LogP contribution in [0.15, 0.2) is 54.9 Å². The van der Waals surface area contributed by atoms with Crippen molar-refractivity contribution in [3.8, 4) is 0 Å². The molecule has 0 radical (unpaired) electrons. The van der Waals surface area contributed by atoms with E-state index in [1.54, 1.807) is 12.1 Å². The lowest BCUT2D eigenvalue weighted by Gasteiger charge is -2.13. The first-order chi connectivity index (χ1) is 12.6. The Balaban J connectivity index is 1.72. The van der Waals surface area contributed by atoms with E-state index in [2.05, 4.69) is 20.6 Å². The predicted octanol–water partition coefficient (Wildman–Crippen LogP) is 4.48. The number of benzene rings is 2. The van der Waals surface area contributed by atoms with Crippen LogP contribution >= 0.6 is 0 Å². The van der Waals surface area contributed by atoms with Gasteiger partial charge in [-0.3, -0.25) is 4.79 Å². The molecular formula is C20H19FN4O. The SMILES string of the molecule is CCc1cccc(C)c1NC(=O)c1cnc(Nc2ccc(F)cc2)nc1. The molecule has 132 valence electrons. The lowest BCUT2D eigenvalue weighted by molar-refractivity contribution is 0.102. The van der Waals surface area contributed by atoms with Crippen LogP contribution in [0, 0.1) is 12.7 Å². The van der Waals surface area contributed by atoms with Crippen LogP contribution in [0.2, 0.25) is 0 Å². The van der Waals surface area contributed by atoms with Crippen LogP contribution in [0.1, 0.15) is 28.4 Å². The van der Waals surface area contributed by atoms with Crippen molar-refractivity contribution in [2.45, 2.75) is 20.3 Å². The van der Waals surface area contributed by atoms with E-state index in [0.717, 1.165) is 23.2 Å². The van der Waals surface area contributed by atoms with Crippen molar-refractivity contribution in [1.82, 2.24) is 9.97 Å². The first-order valence-corrected chi connectivity index (χ1v) is 8.31. The van der Waals surface area contributed by atoms with Crippen LogP contribution in [0.4, 0.5) is 21.7 Å². The Morgan fingerprint density at radius 1 is 1.08 bits per heavy atom. The standard InChI is InChI=1S/C20H19FN4O/c1-3-14-6-4-5-13(2)18(14)25-19(26)15-11-22-20(23-12-15)24-17-9-7-16(21)8-10-17/h4-12H,3H2,1-2H3,(H,25,26)(H,22,23,24). The summed E-state index contributed by atoms with van der Waals surface area (Å²) < 4.78 is 12.9. The van der Waals surface area contributed by atoms with Crippen molar-refractivity contribution in [2.24, 2.45) is 0 Å². The van der Waals surface area contributed by atoms with E-state index in [0.29, 0.717) is 17.2 Å². The number of para-hydroxylation sites is 1. The molecule has 0 aliphatic carbocycles. The normalized spacial score (nSPS) is 10.4.